The summed E-state index contributed by atoms with van der Waals surface area (Å²) in [5, 5.41) is 2.29. The summed E-state index contributed by atoms with van der Waals surface area (Å²) in [5.41, 5.74) is 2.71. The third-order valence-electron chi connectivity index (χ3n) is 3.68. The highest BCUT2D eigenvalue weighted by Gasteiger charge is 2.38. The molecule has 114 valence electrons. The van der Waals surface area contributed by atoms with Crippen LogP contribution in [0.3, 0.4) is 0 Å². The van der Waals surface area contributed by atoms with Gasteiger partial charge in [0.1, 0.15) is 6.04 Å². The molecule has 2 heterocycles. The van der Waals surface area contributed by atoms with Gasteiger partial charge in [0.25, 0.3) is 5.91 Å². The van der Waals surface area contributed by atoms with Crippen molar-refractivity contribution in [3.63, 3.8) is 0 Å². The van der Waals surface area contributed by atoms with E-state index in [9.17, 15) is 14.4 Å². The van der Waals surface area contributed by atoms with E-state index in [4.69, 9.17) is 0 Å². The second-order valence-corrected chi connectivity index (χ2v) is 5.06. The quantitative estimate of drug-likeness (QED) is 0.805. The lowest BCUT2D eigenvalue weighted by Gasteiger charge is -2.29. The number of aryl methyl sites for hydroxylation is 1. The lowest BCUT2D eigenvalue weighted by atomic mass is 10.0. The van der Waals surface area contributed by atoms with Crippen molar-refractivity contribution < 1.29 is 15.8 Å². The fraction of sp³-hybridized carbons (Fsp3) is 0.438. The Hall–Kier alpha value is -2.17. The largest absolute Gasteiger partial charge is 0.322 e. The van der Waals surface area contributed by atoms with E-state index < -0.39 is 6.04 Å². The van der Waals surface area contributed by atoms with Crippen LogP contribution in [0.2, 0.25) is 0 Å². The van der Waals surface area contributed by atoms with E-state index in [0.29, 0.717) is 18.5 Å². The number of imide groups is 1. The number of carbonyl (C=O) groups is 3. The SMILES string of the molecule is CC.Cc1ccc2c(c1)CN(C1CCC(=O)NC1=O)C2=O.[HH]. The number of piperidine rings is 1. The molecular formula is C16H22N2O3. The Morgan fingerprint density at radius 1 is 1.24 bits per heavy atom. The molecule has 3 amide bonds. The van der Waals surface area contributed by atoms with Crippen molar-refractivity contribution in [2.75, 3.05) is 0 Å². The number of hydrogen-bond donors (Lipinski definition) is 1. The van der Waals surface area contributed by atoms with Gasteiger partial charge in [-0.25, -0.2) is 0 Å². The Morgan fingerprint density at radius 3 is 2.62 bits per heavy atom. The van der Waals surface area contributed by atoms with Gasteiger partial charge in [0.05, 0.1) is 0 Å². The van der Waals surface area contributed by atoms with Gasteiger partial charge < -0.3 is 4.90 Å². The van der Waals surface area contributed by atoms with Gasteiger partial charge in [-0.05, 0) is 25.0 Å². The first-order valence-electron chi connectivity index (χ1n) is 7.30. The topological polar surface area (TPSA) is 66.5 Å². The minimum Gasteiger partial charge on any atom is -0.322 e. The molecule has 0 aromatic heterocycles. The van der Waals surface area contributed by atoms with E-state index in [1.165, 1.54) is 0 Å². The van der Waals surface area contributed by atoms with Crippen molar-refractivity contribution in [2.24, 2.45) is 0 Å². The van der Waals surface area contributed by atoms with Crippen molar-refractivity contribution in [1.82, 2.24) is 10.2 Å². The number of nitrogens with one attached hydrogen (secondary N) is 1. The fourth-order valence-corrected chi connectivity index (χ4v) is 2.70. The average Bonchev–Trinajstić information content (AvgIpc) is 2.77. The number of hydrogen-bond acceptors (Lipinski definition) is 3. The molecule has 0 saturated carbocycles. The maximum Gasteiger partial charge on any atom is 0.255 e. The van der Waals surface area contributed by atoms with Crippen LogP contribution < -0.4 is 5.32 Å². The van der Waals surface area contributed by atoms with Crippen LogP contribution in [0, 0.1) is 6.92 Å². The summed E-state index contributed by atoms with van der Waals surface area (Å²) in [6.45, 7) is 6.42. The fourth-order valence-electron chi connectivity index (χ4n) is 2.70. The molecule has 0 spiro atoms. The van der Waals surface area contributed by atoms with Crippen LogP contribution >= 0.6 is 0 Å². The third kappa shape index (κ3) is 2.82. The monoisotopic (exact) mass is 290 g/mol. The predicted octanol–water partition coefficient (Wildman–Crippen LogP) is 2.03. The number of nitrogens with zero attached hydrogens (tertiary/aromatic N) is 1. The molecule has 1 N–H and O–H groups in total. The molecular weight excluding hydrogens is 268 g/mol. The highest BCUT2D eigenvalue weighted by atomic mass is 16.2. The van der Waals surface area contributed by atoms with E-state index in [-0.39, 0.29) is 25.6 Å². The zero-order chi connectivity index (χ0) is 15.6. The number of rotatable bonds is 1. The Morgan fingerprint density at radius 2 is 1.95 bits per heavy atom. The second-order valence-electron chi connectivity index (χ2n) is 5.06. The molecule has 1 atom stereocenters. The van der Waals surface area contributed by atoms with Crippen molar-refractivity contribution in [3.05, 3.63) is 34.9 Å². The highest BCUT2D eigenvalue weighted by molar-refractivity contribution is 6.05. The minimum absolute atomic E-state index is 0. The molecule has 1 aromatic carbocycles. The van der Waals surface area contributed by atoms with Gasteiger partial charge in [-0.2, -0.15) is 0 Å². The van der Waals surface area contributed by atoms with E-state index in [0.717, 1.165) is 11.1 Å². The standard InChI is InChI=1S/C14H14N2O3.C2H6.H2/c1-8-2-3-10-9(6-8)7-16(14(10)19)11-4-5-12(17)15-13(11)18;1-2;/h2-3,6,11H,4-5,7H2,1H3,(H,15,17,18);1-2H3;1H. The van der Waals surface area contributed by atoms with Gasteiger partial charge in [0.2, 0.25) is 11.8 Å². The maximum absolute atomic E-state index is 12.3. The van der Waals surface area contributed by atoms with Crippen LogP contribution in [0.4, 0.5) is 0 Å². The summed E-state index contributed by atoms with van der Waals surface area (Å²) in [6, 6.07) is 5.14. The lowest BCUT2D eigenvalue weighted by Crippen LogP contribution is -2.52. The molecule has 2 aliphatic heterocycles. The molecule has 1 aromatic rings. The van der Waals surface area contributed by atoms with E-state index in [1.54, 1.807) is 11.0 Å². The second kappa shape index (κ2) is 6.08. The molecule has 2 aliphatic rings. The van der Waals surface area contributed by atoms with Gasteiger partial charge in [0, 0.05) is 20.0 Å². The molecule has 0 aliphatic carbocycles. The molecule has 0 radical (unpaired) electrons. The Labute approximate surface area is 125 Å². The highest BCUT2D eigenvalue weighted by Crippen LogP contribution is 2.27. The molecule has 0 bridgehead atoms. The van der Waals surface area contributed by atoms with Crippen LogP contribution in [-0.2, 0) is 16.1 Å². The molecule has 3 rings (SSSR count). The summed E-state index contributed by atoms with van der Waals surface area (Å²) >= 11 is 0. The van der Waals surface area contributed by atoms with Gasteiger partial charge in [-0.1, -0.05) is 31.5 Å². The maximum atomic E-state index is 12.3. The minimum atomic E-state index is -0.530. The van der Waals surface area contributed by atoms with Crippen LogP contribution in [-0.4, -0.2) is 28.7 Å². The average molecular weight is 290 g/mol. The first-order chi connectivity index (χ1) is 10.1. The van der Waals surface area contributed by atoms with Gasteiger partial charge in [-0.15, -0.1) is 0 Å². The van der Waals surface area contributed by atoms with Crippen LogP contribution in [0.5, 0.6) is 0 Å². The predicted molar refractivity (Wildman–Crippen MR) is 80.7 cm³/mol. The Balaban J connectivity index is 0.000000775. The zero-order valence-corrected chi connectivity index (χ0v) is 12.6. The summed E-state index contributed by atoms with van der Waals surface area (Å²) < 4.78 is 0. The zero-order valence-electron chi connectivity index (χ0n) is 12.6. The number of fused-ring (bicyclic) bond motifs is 1. The molecule has 21 heavy (non-hydrogen) atoms. The first-order valence-corrected chi connectivity index (χ1v) is 7.30. The third-order valence-corrected chi connectivity index (χ3v) is 3.68. The van der Waals surface area contributed by atoms with Crippen molar-refractivity contribution in [3.8, 4) is 0 Å². The molecule has 1 unspecified atom stereocenters. The van der Waals surface area contributed by atoms with Gasteiger partial charge in [0.15, 0.2) is 0 Å². The van der Waals surface area contributed by atoms with Crippen LogP contribution in [0.25, 0.3) is 0 Å². The molecule has 1 saturated heterocycles. The van der Waals surface area contributed by atoms with Crippen molar-refractivity contribution in [2.45, 2.75) is 46.2 Å². The van der Waals surface area contributed by atoms with E-state index >= 15 is 0 Å². The Kier molecular flexibility index (Phi) is 4.40. The van der Waals surface area contributed by atoms with Crippen molar-refractivity contribution in [1.29, 1.82) is 0 Å². The van der Waals surface area contributed by atoms with Crippen LogP contribution in [0.1, 0.15) is 49.6 Å². The smallest absolute Gasteiger partial charge is 0.255 e. The van der Waals surface area contributed by atoms with Crippen molar-refractivity contribution >= 4 is 17.7 Å². The number of benzene rings is 1. The van der Waals surface area contributed by atoms with E-state index in [2.05, 4.69) is 5.32 Å². The first kappa shape index (κ1) is 15.2. The normalized spacial score (nSPS) is 20.6. The summed E-state index contributed by atoms with van der Waals surface area (Å²) in [6.07, 6.45) is 0.693. The lowest BCUT2D eigenvalue weighted by molar-refractivity contribution is -0.136. The van der Waals surface area contributed by atoms with Gasteiger partial charge in [-0.3, -0.25) is 19.7 Å². The molecule has 5 nitrogen and oxygen atoms in total. The van der Waals surface area contributed by atoms with E-state index in [1.807, 2.05) is 32.9 Å². The van der Waals surface area contributed by atoms with Crippen LogP contribution in [0.15, 0.2) is 18.2 Å². The summed E-state index contributed by atoms with van der Waals surface area (Å²) in [5.74, 6) is -0.750. The van der Waals surface area contributed by atoms with Gasteiger partial charge >= 0.3 is 0 Å². The molecule has 5 heteroatoms. The number of amides is 3. The summed E-state index contributed by atoms with van der Waals surface area (Å²) in [4.78, 5) is 36.8. The number of carbonyl (C=O) groups excluding carboxylic acids is 3. The Bertz CT molecular complexity index is 601. The molecule has 1 fully saturated rings. The summed E-state index contributed by atoms with van der Waals surface area (Å²) in [7, 11) is 0.